The SMILES string of the molecule is O=C(NCc1ccc(Cl)cc1)N1CCN(Cc2ccc3c(c2)OCO3)CC1. The van der Waals surface area contributed by atoms with E-state index in [4.69, 9.17) is 21.1 Å². The highest BCUT2D eigenvalue weighted by atomic mass is 35.5. The molecule has 142 valence electrons. The monoisotopic (exact) mass is 387 g/mol. The molecule has 0 aliphatic carbocycles. The van der Waals surface area contributed by atoms with Gasteiger partial charge in [0, 0.05) is 44.3 Å². The highest BCUT2D eigenvalue weighted by Gasteiger charge is 2.21. The molecule has 0 atom stereocenters. The summed E-state index contributed by atoms with van der Waals surface area (Å²) in [5.74, 6) is 1.62. The van der Waals surface area contributed by atoms with Crippen LogP contribution in [-0.4, -0.2) is 48.8 Å². The molecule has 6 nitrogen and oxygen atoms in total. The lowest BCUT2D eigenvalue weighted by atomic mass is 10.1. The average Bonchev–Trinajstić information content (AvgIpc) is 3.16. The van der Waals surface area contributed by atoms with E-state index >= 15 is 0 Å². The molecule has 2 heterocycles. The van der Waals surface area contributed by atoms with E-state index in [1.807, 2.05) is 41.3 Å². The Kier molecular flexibility index (Phi) is 5.36. The fourth-order valence-electron chi connectivity index (χ4n) is 3.30. The molecule has 2 aromatic rings. The summed E-state index contributed by atoms with van der Waals surface area (Å²) >= 11 is 5.88. The smallest absolute Gasteiger partial charge is 0.317 e. The Morgan fingerprint density at radius 3 is 2.44 bits per heavy atom. The van der Waals surface area contributed by atoms with Gasteiger partial charge in [0.25, 0.3) is 0 Å². The standard InChI is InChI=1S/C20H22ClN3O3/c21-17-4-1-15(2-5-17)12-22-20(25)24-9-7-23(8-10-24)13-16-3-6-18-19(11-16)27-14-26-18/h1-6,11H,7-10,12-14H2,(H,22,25). The van der Waals surface area contributed by atoms with Crippen molar-refractivity contribution in [2.24, 2.45) is 0 Å². The lowest BCUT2D eigenvalue weighted by molar-refractivity contribution is 0.135. The summed E-state index contributed by atoms with van der Waals surface area (Å²) in [5, 5.41) is 3.67. The fourth-order valence-corrected chi connectivity index (χ4v) is 3.42. The quantitative estimate of drug-likeness (QED) is 0.875. The van der Waals surface area contributed by atoms with E-state index in [1.54, 1.807) is 0 Å². The molecule has 27 heavy (non-hydrogen) atoms. The van der Waals surface area contributed by atoms with Crippen LogP contribution >= 0.6 is 11.6 Å². The summed E-state index contributed by atoms with van der Waals surface area (Å²) < 4.78 is 10.8. The van der Waals surface area contributed by atoms with E-state index in [2.05, 4.69) is 16.3 Å². The van der Waals surface area contributed by atoms with Crippen molar-refractivity contribution in [2.45, 2.75) is 13.1 Å². The third-order valence-electron chi connectivity index (χ3n) is 4.86. The van der Waals surface area contributed by atoms with Crippen LogP contribution in [0, 0.1) is 0 Å². The van der Waals surface area contributed by atoms with E-state index in [-0.39, 0.29) is 6.03 Å². The molecule has 2 amide bonds. The summed E-state index contributed by atoms with van der Waals surface area (Å²) in [6, 6.07) is 13.5. The normalized spacial score (nSPS) is 16.4. The molecule has 7 heteroatoms. The number of nitrogens with one attached hydrogen (secondary N) is 1. The summed E-state index contributed by atoms with van der Waals surface area (Å²) in [7, 11) is 0. The Labute approximate surface area is 163 Å². The van der Waals surface area contributed by atoms with Crippen LogP contribution in [0.5, 0.6) is 11.5 Å². The predicted molar refractivity (Wildman–Crippen MR) is 103 cm³/mol. The Hall–Kier alpha value is -2.44. The zero-order valence-corrected chi connectivity index (χ0v) is 15.7. The first-order chi connectivity index (χ1) is 13.2. The molecule has 2 aromatic carbocycles. The number of carbonyl (C=O) groups is 1. The predicted octanol–water partition coefficient (Wildman–Crippen LogP) is 3.10. The van der Waals surface area contributed by atoms with E-state index in [0.29, 0.717) is 18.4 Å². The summed E-state index contributed by atoms with van der Waals surface area (Å²) in [6.45, 7) is 4.78. The molecule has 1 N–H and O–H groups in total. The van der Waals surface area contributed by atoms with Gasteiger partial charge in [-0.2, -0.15) is 0 Å². The van der Waals surface area contributed by atoms with Crippen LogP contribution in [0.4, 0.5) is 4.79 Å². The first-order valence-electron chi connectivity index (χ1n) is 9.05. The minimum absolute atomic E-state index is 0.0207. The van der Waals surface area contributed by atoms with Gasteiger partial charge >= 0.3 is 6.03 Å². The van der Waals surface area contributed by atoms with Gasteiger partial charge in [-0.05, 0) is 35.4 Å². The van der Waals surface area contributed by atoms with Gasteiger partial charge in [0.05, 0.1) is 0 Å². The van der Waals surface area contributed by atoms with Gasteiger partial charge in [-0.15, -0.1) is 0 Å². The molecule has 4 rings (SSSR count). The maximum atomic E-state index is 12.4. The van der Waals surface area contributed by atoms with Gasteiger partial charge in [-0.3, -0.25) is 4.90 Å². The molecule has 0 unspecified atom stereocenters. The van der Waals surface area contributed by atoms with Gasteiger partial charge in [0.1, 0.15) is 0 Å². The number of hydrogen-bond donors (Lipinski definition) is 1. The second kappa shape index (κ2) is 8.06. The number of amides is 2. The number of rotatable bonds is 4. The van der Waals surface area contributed by atoms with Crippen LogP contribution < -0.4 is 14.8 Å². The van der Waals surface area contributed by atoms with Crippen molar-refractivity contribution in [3.8, 4) is 11.5 Å². The van der Waals surface area contributed by atoms with Crippen LogP contribution in [0.25, 0.3) is 0 Å². The van der Waals surface area contributed by atoms with Crippen LogP contribution in [0.15, 0.2) is 42.5 Å². The lowest BCUT2D eigenvalue weighted by Crippen LogP contribution is -2.51. The molecule has 1 fully saturated rings. The molecule has 2 aliphatic rings. The lowest BCUT2D eigenvalue weighted by Gasteiger charge is -2.34. The highest BCUT2D eigenvalue weighted by Crippen LogP contribution is 2.32. The van der Waals surface area contributed by atoms with Crippen molar-refractivity contribution in [2.75, 3.05) is 33.0 Å². The van der Waals surface area contributed by atoms with E-state index < -0.39 is 0 Å². The Morgan fingerprint density at radius 2 is 1.67 bits per heavy atom. The van der Waals surface area contributed by atoms with E-state index in [9.17, 15) is 4.79 Å². The number of halogens is 1. The number of ether oxygens (including phenoxy) is 2. The van der Waals surface area contributed by atoms with Gasteiger partial charge in [-0.25, -0.2) is 4.79 Å². The number of hydrogen-bond acceptors (Lipinski definition) is 4. The molecule has 2 aliphatic heterocycles. The fraction of sp³-hybridized carbons (Fsp3) is 0.350. The first kappa shape index (κ1) is 17.9. The second-order valence-electron chi connectivity index (χ2n) is 6.74. The molecule has 0 saturated carbocycles. The van der Waals surface area contributed by atoms with Crippen LogP contribution in [0.2, 0.25) is 5.02 Å². The summed E-state index contributed by atoms with van der Waals surface area (Å²) in [5.41, 5.74) is 2.23. The average molecular weight is 388 g/mol. The third kappa shape index (κ3) is 4.46. The van der Waals surface area contributed by atoms with Crippen LogP contribution in [-0.2, 0) is 13.1 Å². The number of piperazine rings is 1. The third-order valence-corrected chi connectivity index (χ3v) is 5.11. The number of urea groups is 1. The van der Waals surface area contributed by atoms with E-state index in [1.165, 1.54) is 5.56 Å². The summed E-state index contributed by atoms with van der Waals surface area (Å²) in [6.07, 6.45) is 0. The molecular weight excluding hydrogens is 366 g/mol. The minimum atomic E-state index is -0.0207. The van der Waals surface area contributed by atoms with Crippen molar-refractivity contribution in [3.05, 3.63) is 58.6 Å². The van der Waals surface area contributed by atoms with Crippen LogP contribution in [0.3, 0.4) is 0 Å². The molecule has 0 aromatic heterocycles. The zero-order chi connectivity index (χ0) is 18.6. The van der Waals surface area contributed by atoms with Gasteiger partial charge in [0.15, 0.2) is 11.5 Å². The molecule has 0 radical (unpaired) electrons. The second-order valence-corrected chi connectivity index (χ2v) is 7.17. The number of fused-ring (bicyclic) bond motifs is 1. The van der Waals surface area contributed by atoms with Crippen molar-refractivity contribution in [3.63, 3.8) is 0 Å². The Balaban J connectivity index is 1.23. The number of benzene rings is 2. The Morgan fingerprint density at radius 1 is 0.963 bits per heavy atom. The first-order valence-corrected chi connectivity index (χ1v) is 9.43. The minimum Gasteiger partial charge on any atom is -0.454 e. The largest absolute Gasteiger partial charge is 0.454 e. The van der Waals surface area contributed by atoms with Gasteiger partial charge in [0.2, 0.25) is 6.79 Å². The molecule has 0 spiro atoms. The van der Waals surface area contributed by atoms with Crippen LogP contribution in [0.1, 0.15) is 11.1 Å². The van der Waals surface area contributed by atoms with Crippen molar-refractivity contribution >= 4 is 17.6 Å². The maximum absolute atomic E-state index is 12.4. The summed E-state index contributed by atoms with van der Waals surface area (Å²) in [4.78, 5) is 16.6. The van der Waals surface area contributed by atoms with Gasteiger partial charge in [-0.1, -0.05) is 29.8 Å². The maximum Gasteiger partial charge on any atom is 0.317 e. The van der Waals surface area contributed by atoms with Crippen molar-refractivity contribution in [1.29, 1.82) is 0 Å². The molecular formula is C20H22ClN3O3. The highest BCUT2D eigenvalue weighted by molar-refractivity contribution is 6.30. The Bertz CT molecular complexity index is 805. The molecule has 0 bridgehead atoms. The van der Waals surface area contributed by atoms with Crippen molar-refractivity contribution < 1.29 is 14.3 Å². The number of nitrogens with zero attached hydrogens (tertiary/aromatic N) is 2. The number of carbonyl (C=O) groups excluding carboxylic acids is 1. The zero-order valence-electron chi connectivity index (χ0n) is 15.0. The topological polar surface area (TPSA) is 54.0 Å². The van der Waals surface area contributed by atoms with Gasteiger partial charge < -0.3 is 19.7 Å². The van der Waals surface area contributed by atoms with E-state index in [0.717, 1.165) is 49.8 Å². The van der Waals surface area contributed by atoms with Crippen molar-refractivity contribution in [1.82, 2.24) is 15.1 Å². The molecule has 1 saturated heterocycles.